The molecule has 0 atom stereocenters. The van der Waals surface area contributed by atoms with Crippen LogP contribution < -0.4 is 29.6 Å². The van der Waals surface area contributed by atoms with Crippen molar-refractivity contribution in [1.82, 2.24) is 0 Å². The smallest absolute Gasteiger partial charge is 0.744 e. The second-order valence-electron chi connectivity index (χ2n) is 7.14. The van der Waals surface area contributed by atoms with Gasteiger partial charge in [0.15, 0.2) is 0 Å². The Morgan fingerprint density at radius 2 is 1.29 bits per heavy atom. The third kappa shape index (κ3) is 4.41. The molecule has 0 spiro atoms. The van der Waals surface area contributed by atoms with E-state index in [-0.39, 0.29) is 46.3 Å². The minimum absolute atomic E-state index is 0. The van der Waals surface area contributed by atoms with Gasteiger partial charge in [0.1, 0.15) is 10.1 Å². The summed E-state index contributed by atoms with van der Waals surface area (Å²) in [5.41, 5.74) is 3.19. The van der Waals surface area contributed by atoms with Gasteiger partial charge in [-0.1, -0.05) is 53.7 Å². The molecule has 0 saturated heterocycles. The van der Waals surface area contributed by atoms with E-state index in [1.807, 2.05) is 26.0 Å². The maximum Gasteiger partial charge on any atom is 1.00 e. The molecule has 3 nitrogen and oxygen atoms in total. The molecule has 0 N–H and O–H groups in total. The molecular formula is C19H25NaO3S. The molecule has 126 valence electrons. The summed E-state index contributed by atoms with van der Waals surface area (Å²) in [6.07, 6.45) is 0. The predicted molar refractivity (Wildman–Crippen MR) is 94.2 cm³/mol. The summed E-state index contributed by atoms with van der Waals surface area (Å²) in [5, 5.41) is 1.37. The number of hydrogen-bond acceptors (Lipinski definition) is 3. The molecule has 2 rings (SSSR count). The van der Waals surface area contributed by atoms with Gasteiger partial charge in [-0.25, -0.2) is 8.42 Å². The first-order valence-corrected chi connectivity index (χ1v) is 9.50. The first-order valence-electron chi connectivity index (χ1n) is 8.09. The number of benzene rings is 2. The van der Waals surface area contributed by atoms with Gasteiger partial charge in [-0.15, -0.1) is 0 Å². The molecule has 2 aromatic rings. The molecule has 0 bridgehead atoms. The number of hydrogen-bond donors (Lipinski definition) is 0. The Kier molecular flexibility index (Phi) is 7.11. The van der Waals surface area contributed by atoms with E-state index in [9.17, 15) is 13.0 Å². The summed E-state index contributed by atoms with van der Waals surface area (Å²) in [6.45, 7) is 12.4. The zero-order valence-corrected chi connectivity index (χ0v) is 18.5. The zero-order valence-electron chi connectivity index (χ0n) is 15.7. The molecule has 0 radical (unpaired) electrons. The van der Waals surface area contributed by atoms with Crippen molar-refractivity contribution >= 4 is 20.9 Å². The van der Waals surface area contributed by atoms with Crippen LogP contribution in [-0.4, -0.2) is 13.0 Å². The van der Waals surface area contributed by atoms with Gasteiger partial charge in [-0.2, -0.15) is 0 Å². The van der Waals surface area contributed by atoms with Crippen LogP contribution in [0.15, 0.2) is 29.2 Å². The SMILES string of the molecule is CC(C)c1cc(S(=O)(=O)[O-])c2cc(C(C)C)c(C(C)C)cc2c1.[Na+]. The van der Waals surface area contributed by atoms with Crippen molar-refractivity contribution < 1.29 is 42.5 Å². The fourth-order valence-electron chi connectivity index (χ4n) is 2.97. The molecule has 0 aliphatic carbocycles. The van der Waals surface area contributed by atoms with Crippen LogP contribution in [0.4, 0.5) is 0 Å². The van der Waals surface area contributed by atoms with Crippen molar-refractivity contribution in [3.05, 3.63) is 41.0 Å². The Morgan fingerprint density at radius 3 is 1.71 bits per heavy atom. The molecule has 0 saturated carbocycles. The number of rotatable bonds is 4. The second-order valence-corrected chi connectivity index (χ2v) is 8.49. The first-order chi connectivity index (χ1) is 10.5. The minimum Gasteiger partial charge on any atom is -0.744 e. The van der Waals surface area contributed by atoms with E-state index in [2.05, 4.69) is 33.8 Å². The molecule has 0 unspecified atom stereocenters. The summed E-state index contributed by atoms with van der Waals surface area (Å²) >= 11 is 0. The largest absolute Gasteiger partial charge is 1.00 e. The van der Waals surface area contributed by atoms with Gasteiger partial charge in [0, 0.05) is 0 Å². The molecule has 0 aromatic heterocycles. The Balaban J connectivity index is 0.00000288. The molecule has 5 heteroatoms. The van der Waals surface area contributed by atoms with Gasteiger partial charge < -0.3 is 4.55 Å². The molecule has 0 amide bonds. The minimum atomic E-state index is -4.51. The summed E-state index contributed by atoms with van der Waals surface area (Å²) in [5.74, 6) is 0.766. The Bertz CT molecular complexity index is 837. The average Bonchev–Trinajstić information content (AvgIpc) is 2.43. The summed E-state index contributed by atoms with van der Waals surface area (Å²) in [7, 11) is -4.51. The average molecular weight is 356 g/mol. The van der Waals surface area contributed by atoms with E-state index in [1.54, 1.807) is 0 Å². The summed E-state index contributed by atoms with van der Waals surface area (Å²) < 4.78 is 35.3. The second kappa shape index (κ2) is 7.88. The molecule has 24 heavy (non-hydrogen) atoms. The third-order valence-corrected chi connectivity index (χ3v) is 5.20. The quantitative estimate of drug-likeness (QED) is 0.623. The van der Waals surface area contributed by atoms with Crippen molar-refractivity contribution in [2.75, 3.05) is 0 Å². The topological polar surface area (TPSA) is 57.2 Å². The molecule has 2 aromatic carbocycles. The van der Waals surface area contributed by atoms with E-state index in [0.29, 0.717) is 11.3 Å². The standard InChI is InChI=1S/C19H26O3S.Na/c1-11(2)14-7-15-8-16(12(3)4)17(13(5)6)10-18(15)19(9-14)23(20,21)22;/h7-13H,1-6H3,(H,20,21,22);/q;+1/p-1. The molecular weight excluding hydrogens is 331 g/mol. The van der Waals surface area contributed by atoms with Gasteiger partial charge in [-0.3, -0.25) is 0 Å². The number of fused-ring (bicyclic) bond motifs is 1. The fourth-order valence-corrected chi connectivity index (χ4v) is 3.70. The van der Waals surface area contributed by atoms with Crippen molar-refractivity contribution in [3.63, 3.8) is 0 Å². The van der Waals surface area contributed by atoms with Crippen LogP contribution in [0.2, 0.25) is 0 Å². The normalized spacial score (nSPS) is 12.2. The van der Waals surface area contributed by atoms with Crippen LogP contribution in [0.3, 0.4) is 0 Å². The maximum atomic E-state index is 11.8. The third-order valence-electron chi connectivity index (χ3n) is 4.32. The fraction of sp³-hybridized carbons (Fsp3) is 0.474. The maximum absolute atomic E-state index is 11.8. The van der Waals surface area contributed by atoms with E-state index < -0.39 is 10.1 Å². The van der Waals surface area contributed by atoms with Gasteiger partial charge in [0.25, 0.3) is 0 Å². The van der Waals surface area contributed by atoms with E-state index in [0.717, 1.165) is 16.5 Å². The Labute approximate surface area is 167 Å². The van der Waals surface area contributed by atoms with Gasteiger partial charge in [-0.05, 0) is 57.3 Å². The van der Waals surface area contributed by atoms with Crippen LogP contribution >= 0.6 is 0 Å². The Hall–Kier alpha value is -0.390. The predicted octanol–water partition coefficient (Wildman–Crippen LogP) is 2.12. The van der Waals surface area contributed by atoms with Crippen LogP contribution in [0.5, 0.6) is 0 Å². The van der Waals surface area contributed by atoms with Crippen molar-refractivity contribution in [3.8, 4) is 0 Å². The monoisotopic (exact) mass is 356 g/mol. The zero-order chi connectivity index (χ0) is 17.5. The Morgan fingerprint density at radius 1 is 0.792 bits per heavy atom. The van der Waals surface area contributed by atoms with E-state index in [1.165, 1.54) is 11.6 Å². The van der Waals surface area contributed by atoms with Gasteiger partial charge in [0.2, 0.25) is 0 Å². The summed E-state index contributed by atoms with van der Waals surface area (Å²) in [6, 6.07) is 7.49. The van der Waals surface area contributed by atoms with E-state index >= 15 is 0 Å². The molecule has 0 aliphatic rings. The van der Waals surface area contributed by atoms with Crippen LogP contribution in [0.1, 0.15) is 76.0 Å². The van der Waals surface area contributed by atoms with Gasteiger partial charge in [0.05, 0.1) is 4.90 Å². The molecule has 0 aliphatic heterocycles. The first kappa shape index (κ1) is 21.7. The van der Waals surface area contributed by atoms with Crippen molar-refractivity contribution in [2.45, 2.75) is 64.2 Å². The summed E-state index contributed by atoms with van der Waals surface area (Å²) in [4.78, 5) is -0.101. The van der Waals surface area contributed by atoms with E-state index in [4.69, 9.17) is 0 Å². The van der Waals surface area contributed by atoms with Gasteiger partial charge >= 0.3 is 29.6 Å². The van der Waals surface area contributed by atoms with Crippen LogP contribution in [0, 0.1) is 0 Å². The van der Waals surface area contributed by atoms with Crippen molar-refractivity contribution in [1.29, 1.82) is 0 Å². The van der Waals surface area contributed by atoms with Crippen LogP contribution in [-0.2, 0) is 10.1 Å². The molecule has 0 fully saturated rings. The van der Waals surface area contributed by atoms with Crippen LogP contribution in [0.25, 0.3) is 10.8 Å². The van der Waals surface area contributed by atoms with Crippen molar-refractivity contribution in [2.24, 2.45) is 0 Å². The molecule has 0 heterocycles.